The van der Waals surface area contributed by atoms with Crippen LogP contribution in [0, 0.1) is 0 Å². The van der Waals surface area contributed by atoms with Gasteiger partial charge in [0.1, 0.15) is 6.54 Å². The molecule has 0 unspecified atom stereocenters. The van der Waals surface area contributed by atoms with E-state index in [2.05, 4.69) is 4.84 Å². The number of amides is 1. The van der Waals surface area contributed by atoms with Gasteiger partial charge in [-0.05, 0) is 6.92 Å². The average molecular weight is 185 g/mol. The van der Waals surface area contributed by atoms with E-state index in [0.29, 0.717) is 5.06 Å². The molecule has 0 aliphatic carbocycles. The summed E-state index contributed by atoms with van der Waals surface area (Å²) in [5, 5.41) is 0.292. The van der Waals surface area contributed by atoms with E-state index in [1.54, 1.807) is 0 Å². The second-order valence-electron chi connectivity index (χ2n) is 2.09. The third kappa shape index (κ3) is 4.95. The lowest BCUT2D eigenvalue weighted by atomic mass is 10.5. The number of hydroxylamine groups is 2. The summed E-state index contributed by atoms with van der Waals surface area (Å²) in [6.07, 6.45) is -4.42. The van der Waals surface area contributed by atoms with Crippen molar-refractivity contribution >= 4 is 5.91 Å². The molecule has 6 heteroatoms. The highest BCUT2D eigenvalue weighted by Crippen LogP contribution is 2.16. The molecule has 0 fully saturated rings. The first kappa shape index (κ1) is 11.2. The Morgan fingerprint density at radius 3 is 2.25 bits per heavy atom. The molecule has 0 bridgehead atoms. The Balaban J connectivity index is 4.05. The van der Waals surface area contributed by atoms with E-state index in [-0.39, 0.29) is 6.61 Å². The zero-order chi connectivity index (χ0) is 9.78. The van der Waals surface area contributed by atoms with Crippen LogP contribution in [0.2, 0.25) is 0 Å². The standard InChI is InChI=1S/C6H10F3NO2/c1-3-12-10(5(2)11)4-6(7,8)9/h3-4H2,1-2H3. The number of hydrogen-bond donors (Lipinski definition) is 0. The topological polar surface area (TPSA) is 29.5 Å². The molecule has 0 heterocycles. The fourth-order valence-corrected chi connectivity index (χ4v) is 0.567. The van der Waals surface area contributed by atoms with Crippen molar-refractivity contribution < 1.29 is 22.8 Å². The summed E-state index contributed by atoms with van der Waals surface area (Å²) in [6, 6.07) is 0. The van der Waals surface area contributed by atoms with E-state index in [9.17, 15) is 18.0 Å². The second kappa shape index (κ2) is 4.30. The van der Waals surface area contributed by atoms with E-state index in [4.69, 9.17) is 0 Å². The minimum Gasteiger partial charge on any atom is -0.273 e. The fraction of sp³-hybridized carbons (Fsp3) is 0.833. The van der Waals surface area contributed by atoms with Crippen LogP contribution in [0.1, 0.15) is 13.8 Å². The van der Waals surface area contributed by atoms with Crippen molar-refractivity contribution in [1.29, 1.82) is 0 Å². The predicted octanol–water partition coefficient (Wildman–Crippen LogP) is 1.35. The molecule has 0 spiro atoms. The van der Waals surface area contributed by atoms with E-state index < -0.39 is 18.6 Å². The Hall–Kier alpha value is -0.780. The molecule has 1 amide bonds. The lowest BCUT2D eigenvalue weighted by Crippen LogP contribution is -2.37. The third-order valence-electron chi connectivity index (χ3n) is 0.959. The summed E-state index contributed by atoms with van der Waals surface area (Å²) in [4.78, 5) is 15.0. The van der Waals surface area contributed by atoms with Gasteiger partial charge in [-0.2, -0.15) is 13.2 Å². The maximum absolute atomic E-state index is 11.7. The first-order valence-corrected chi connectivity index (χ1v) is 3.34. The van der Waals surface area contributed by atoms with E-state index in [1.807, 2.05) is 0 Å². The number of rotatable bonds is 3. The first-order valence-electron chi connectivity index (χ1n) is 3.34. The number of halogens is 3. The summed E-state index contributed by atoms with van der Waals surface area (Å²) in [6.45, 7) is 1.19. The van der Waals surface area contributed by atoms with Crippen LogP contribution in [0.3, 0.4) is 0 Å². The van der Waals surface area contributed by atoms with E-state index in [0.717, 1.165) is 6.92 Å². The van der Waals surface area contributed by atoms with Crippen LogP contribution >= 0.6 is 0 Å². The van der Waals surface area contributed by atoms with Crippen LogP contribution in [-0.2, 0) is 9.63 Å². The van der Waals surface area contributed by atoms with Gasteiger partial charge in [0.05, 0.1) is 6.61 Å². The molecule has 0 aromatic carbocycles. The number of alkyl halides is 3. The molecule has 0 atom stereocenters. The van der Waals surface area contributed by atoms with Gasteiger partial charge in [0.25, 0.3) is 0 Å². The minimum absolute atomic E-state index is 0.0374. The average Bonchev–Trinajstić information content (AvgIpc) is 1.83. The minimum atomic E-state index is -4.42. The van der Waals surface area contributed by atoms with Crippen molar-refractivity contribution in [3.63, 3.8) is 0 Å². The normalized spacial score (nSPS) is 11.4. The zero-order valence-electron chi connectivity index (χ0n) is 6.81. The molecule has 12 heavy (non-hydrogen) atoms. The van der Waals surface area contributed by atoms with Crippen LogP contribution < -0.4 is 0 Å². The molecular formula is C6H10F3NO2. The lowest BCUT2D eigenvalue weighted by Gasteiger charge is -2.20. The highest BCUT2D eigenvalue weighted by molar-refractivity contribution is 5.72. The SMILES string of the molecule is CCON(CC(F)(F)F)C(C)=O. The predicted molar refractivity (Wildman–Crippen MR) is 35.1 cm³/mol. The van der Waals surface area contributed by atoms with Crippen LogP contribution in [0.25, 0.3) is 0 Å². The van der Waals surface area contributed by atoms with Gasteiger partial charge in [0, 0.05) is 6.92 Å². The maximum atomic E-state index is 11.7. The Morgan fingerprint density at radius 1 is 1.50 bits per heavy atom. The molecule has 3 nitrogen and oxygen atoms in total. The molecule has 0 N–H and O–H groups in total. The van der Waals surface area contributed by atoms with Gasteiger partial charge in [-0.25, -0.2) is 5.06 Å². The van der Waals surface area contributed by atoms with Gasteiger partial charge in [0.2, 0.25) is 5.91 Å². The highest BCUT2D eigenvalue weighted by Gasteiger charge is 2.32. The quantitative estimate of drug-likeness (QED) is 0.621. The van der Waals surface area contributed by atoms with Crippen molar-refractivity contribution in [3.05, 3.63) is 0 Å². The highest BCUT2D eigenvalue weighted by atomic mass is 19.4. The van der Waals surface area contributed by atoms with Crippen molar-refractivity contribution in [3.8, 4) is 0 Å². The number of carbonyl (C=O) groups excluding carboxylic acids is 1. The molecular weight excluding hydrogens is 175 g/mol. The third-order valence-corrected chi connectivity index (χ3v) is 0.959. The van der Waals surface area contributed by atoms with Crippen LogP contribution in [-0.4, -0.2) is 30.3 Å². The first-order chi connectivity index (χ1) is 5.37. The maximum Gasteiger partial charge on any atom is 0.408 e. The largest absolute Gasteiger partial charge is 0.408 e. The summed E-state index contributed by atoms with van der Waals surface area (Å²) >= 11 is 0. The summed E-state index contributed by atoms with van der Waals surface area (Å²) in [5.41, 5.74) is 0. The summed E-state index contributed by atoms with van der Waals surface area (Å²) in [7, 11) is 0. The van der Waals surface area contributed by atoms with Gasteiger partial charge in [-0.15, -0.1) is 0 Å². The lowest BCUT2D eigenvalue weighted by molar-refractivity contribution is -0.230. The smallest absolute Gasteiger partial charge is 0.273 e. The Bertz CT molecular complexity index is 157. The molecule has 0 radical (unpaired) electrons. The van der Waals surface area contributed by atoms with Gasteiger partial charge in [0.15, 0.2) is 0 Å². The molecule has 0 aromatic heterocycles. The van der Waals surface area contributed by atoms with Crippen LogP contribution in [0.5, 0.6) is 0 Å². The summed E-state index contributed by atoms with van der Waals surface area (Å²) in [5.74, 6) is -0.755. The van der Waals surface area contributed by atoms with Gasteiger partial charge < -0.3 is 0 Å². The zero-order valence-corrected chi connectivity index (χ0v) is 6.81. The van der Waals surface area contributed by atoms with Crippen molar-refractivity contribution in [1.82, 2.24) is 5.06 Å². The van der Waals surface area contributed by atoms with Crippen LogP contribution in [0.15, 0.2) is 0 Å². The summed E-state index contributed by atoms with van der Waals surface area (Å²) < 4.78 is 35.1. The molecule has 0 aliphatic heterocycles. The van der Waals surface area contributed by atoms with E-state index in [1.165, 1.54) is 6.92 Å². The Labute approximate surface area is 68.0 Å². The van der Waals surface area contributed by atoms with Crippen molar-refractivity contribution in [2.75, 3.05) is 13.2 Å². The molecule has 0 aliphatic rings. The Kier molecular flexibility index (Phi) is 4.02. The van der Waals surface area contributed by atoms with Crippen LogP contribution in [0.4, 0.5) is 13.2 Å². The molecule has 0 rings (SSSR count). The molecule has 0 aromatic rings. The van der Waals surface area contributed by atoms with E-state index >= 15 is 0 Å². The fourth-order valence-electron chi connectivity index (χ4n) is 0.567. The number of hydrogen-bond acceptors (Lipinski definition) is 2. The van der Waals surface area contributed by atoms with Gasteiger partial charge in [-0.1, -0.05) is 0 Å². The van der Waals surface area contributed by atoms with Crippen molar-refractivity contribution in [2.45, 2.75) is 20.0 Å². The van der Waals surface area contributed by atoms with Gasteiger partial charge in [-0.3, -0.25) is 9.63 Å². The van der Waals surface area contributed by atoms with Gasteiger partial charge >= 0.3 is 6.18 Å². The van der Waals surface area contributed by atoms with Crippen molar-refractivity contribution in [2.24, 2.45) is 0 Å². The molecule has 0 saturated heterocycles. The number of nitrogens with zero attached hydrogens (tertiary/aromatic N) is 1. The second-order valence-corrected chi connectivity index (χ2v) is 2.09. The molecule has 0 saturated carbocycles. The monoisotopic (exact) mass is 185 g/mol. The number of carbonyl (C=O) groups is 1. The Morgan fingerprint density at radius 2 is 2.00 bits per heavy atom. The molecule has 72 valence electrons.